The SMILES string of the molecule is C[C@@H]1O[C@@H](Oc2c(-c3ccc(O)c(O)c3)oc3cc(O)cc(O)c3c2=O)[C@H](O[C@@H]2O[C@H](COC(=O)C=Cc3ccc(O)cc3)[C@@H](O)[C@H](O)[C@H]2O)[C@H](O)[C@H]1O. The summed E-state index contributed by atoms with van der Waals surface area (Å²) in [5.74, 6) is -4.31. The number of aromatic hydroxyl groups is 5. The van der Waals surface area contributed by atoms with E-state index in [1.165, 1.54) is 43.3 Å². The number of phenols is 5. The van der Waals surface area contributed by atoms with Gasteiger partial charge in [-0.25, -0.2) is 4.79 Å². The van der Waals surface area contributed by atoms with Crippen molar-refractivity contribution in [3.05, 3.63) is 76.5 Å². The molecule has 2 aliphatic rings. The van der Waals surface area contributed by atoms with Gasteiger partial charge in [0, 0.05) is 23.8 Å². The van der Waals surface area contributed by atoms with Crippen molar-refractivity contribution in [2.24, 2.45) is 0 Å². The summed E-state index contributed by atoms with van der Waals surface area (Å²) in [5.41, 5.74) is -0.858. The third-order valence-corrected chi connectivity index (χ3v) is 8.83. The van der Waals surface area contributed by atoms with Crippen molar-refractivity contribution in [2.75, 3.05) is 6.61 Å². The number of esters is 1. The summed E-state index contributed by atoms with van der Waals surface area (Å²) in [6.07, 6.45) is -15.2. The standard InChI is InChI=1S/C36H36O18/c1-14-26(43)30(47)34(54-35-31(48)29(46)27(44)23(52-35)13-49-24(42)9-4-15-2-6-17(37)7-3-15)36(50-14)53-33-28(45)25-21(41)11-18(38)12-22(25)51-32(33)16-5-8-19(39)20(40)10-16/h2-12,14,23,26-27,29-31,34-41,43-44,46-48H,13H2,1H3/t14-,23+,26-,27+,29-,30+,31+,34+,35-,36-/m0/s1. The zero-order chi connectivity index (χ0) is 39.0. The number of carbonyl (C=O) groups excluding carboxylic acids is 1. The molecule has 10 atom stereocenters. The molecule has 0 saturated carbocycles. The molecule has 0 amide bonds. The van der Waals surface area contributed by atoms with E-state index in [2.05, 4.69) is 0 Å². The molecule has 0 spiro atoms. The van der Waals surface area contributed by atoms with Crippen molar-refractivity contribution < 1.29 is 84.0 Å². The van der Waals surface area contributed by atoms with Gasteiger partial charge < -0.3 is 79.2 Å². The maximum absolute atomic E-state index is 13.9. The van der Waals surface area contributed by atoms with Crippen LogP contribution in [0.5, 0.6) is 34.5 Å². The summed E-state index contributed by atoms with van der Waals surface area (Å²) < 4.78 is 34.2. The van der Waals surface area contributed by atoms with Gasteiger partial charge in [-0.3, -0.25) is 4.79 Å². The number of carbonyl (C=O) groups is 1. The number of fused-ring (bicyclic) bond motifs is 1. The van der Waals surface area contributed by atoms with Crippen molar-refractivity contribution in [2.45, 2.75) is 68.3 Å². The third kappa shape index (κ3) is 7.77. The van der Waals surface area contributed by atoms with Gasteiger partial charge in [0.05, 0.1) is 6.10 Å². The average Bonchev–Trinajstić information content (AvgIpc) is 3.13. The Bertz CT molecular complexity index is 2080. The Kier molecular flexibility index (Phi) is 11.0. The van der Waals surface area contributed by atoms with Crippen LogP contribution in [0.1, 0.15) is 12.5 Å². The molecular formula is C36H36O18. The maximum Gasteiger partial charge on any atom is 0.330 e. The summed E-state index contributed by atoms with van der Waals surface area (Å²) in [5, 5.41) is 104. The van der Waals surface area contributed by atoms with Crippen molar-refractivity contribution >= 4 is 23.0 Å². The fraction of sp³-hybridized carbons (Fsp3) is 0.333. The second-order valence-corrected chi connectivity index (χ2v) is 12.6. The van der Waals surface area contributed by atoms with Crippen molar-refractivity contribution in [1.82, 2.24) is 0 Å². The second kappa shape index (κ2) is 15.5. The molecule has 288 valence electrons. The lowest BCUT2D eigenvalue weighted by Crippen LogP contribution is -2.64. The van der Waals surface area contributed by atoms with Crippen LogP contribution in [0, 0.1) is 0 Å². The Labute approximate surface area is 304 Å². The molecule has 4 aromatic rings. The zero-order valence-corrected chi connectivity index (χ0v) is 28.1. The largest absolute Gasteiger partial charge is 0.508 e. The topological polar surface area (TPSA) is 296 Å². The fourth-order valence-electron chi connectivity index (χ4n) is 5.87. The quantitative estimate of drug-likeness (QED) is 0.0623. The van der Waals surface area contributed by atoms with E-state index in [0.29, 0.717) is 5.56 Å². The van der Waals surface area contributed by atoms with Crippen molar-refractivity contribution in [3.8, 4) is 45.8 Å². The summed E-state index contributed by atoms with van der Waals surface area (Å²) in [6, 6.07) is 11.1. The molecule has 6 rings (SSSR count). The number of phenolic OH excluding ortho intramolecular Hbond substituents is 5. The Morgan fingerprint density at radius 2 is 1.48 bits per heavy atom. The van der Waals surface area contributed by atoms with Gasteiger partial charge in [-0.2, -0.15) is 0 Å². The Morgan fingerprint density at radius 1 is 0.759 bits per heavy atom. The molecule has 3 aromatic carbocycles. The predicted octanol–water partition coefficient (Wildman–Crippen LogP) is 0.283. The molecular weight excluding hydrogens is 720 g/mol. The number of aliphatic hydroxyl groups excluding tert-OH is 5. The summed E-state index contributed by atoms with van der Waals surface area (Å²) in [7, 11) is 0. The van der Waals surface area contributed by atoms with Gasteiger partial charge in [-0.1, -0.05) is 12.1 Å². The molecule has 2 saturated heterocycles. The van der Waals surface area contributed by atoms with Crippen LogP contribution >= 0.6 is 0 Å². The van der Waals surface area contributed by atoms with Gasteiger partial charge in [0.25, 0.3) is 0 Å². The zero-order valence-electron chi connectivity index (χ0n) is 28.1. The lowest BCUT2D eigenvalue weighted by molar-refractivity contribution is -0.355. The number of aliphatic hydroxyl groups is 5. The summed E-state index contributed by atoms with van der Waals surface area (Å²) in [6.45, 7) is 0.691. The van der Waals surface area contributed by atoms with Crippen LogP contribution in [0.4, 0.5) is 0 Å². The highest BCUT2D eigenvalue weighted by molar-refractivity contribution is 5.88. The summed E-state index contributed by atoms with van der Waals surface area (Å²) >= 11 is 0. The summed E-state index contributed by atoms with van der Waals surface area (Å²) in [4.78, 5) is 26.3. The minimum absolute atomic E-state index is 0.0198. The minimum atomic E-state index is -2.00. The highest BCUT2D eigenvalue weighted by Crippen LogP contribution is 2.40. The first-order chi connectivity index (χ1) is 25.6. The van der Waals surface area contributed by atoms with E-state index in [1.807, 2.05) is 0 Å². The van der Waals surface area contributed by atoms with E-state index in [-0.39, 0.29) is 16.9 Å². The van der Waals surface area contributed by atoms with Gasteiger partial charge in [0.15, 0.2) is 29.7 Å². The molecule has 10 N–H and O–H groups in total. The average molecular weight is 757 g/mol. The van der Waals surface area contributed by atoms with E-state index in [9.17, 15) is 60.7 Å². The van der Waals surface area contributed by atoms with Gasteiger partial charge in [-0.15, -0.1) is 0 Å². The predicted molar refractivity (Wildman–Crippen MR) is 181 cm³/mol. The molecule has 2 fully saturated rings. The van der Waals surface area contributed by atoms with E-state index < -0.39 is 119 Å². The molecule has 54 heavy (non-hydrogen) atoms. The Hall–Kier alpha value is -5.44. The van der Waals surface area contributed by atoms with E-state index in [1.54, 1.807) is 0 Å². The van der Waals surface area contributed by atoms with Gasteiger partial charge >= 0.3 is 5.97 Å². The first-order valence-corrected chi connectivity index (χ1v) is 16.3. The Balaban J connectivity index is 1.28. The van der Waals surface area contributed by atoms with Crippen molar-refractivity contribution in [1.29, 1.82) is 0 Å². The fourth-order valence-corrected chi connectivity index (χ4v) is 5.87. The first-order valence-electron chi connectivity index (χ1n) is 16.3. The van der Waals surface area contributed by atoms with Gasteiger partial charge in [0.1, 0.15) is 71.4 Å². The molecule has 2 aliphatic heterocycles. The molecule has 1 aromatic heterocycles. The smallest absolute Gasteiger partial charge is 0.330 e. The number of hydrogen-bond donors (Lipinski definition) is 10. The third-order valence-electron chi connectivity index (χ3n) is 8.83. The highest BCUT2D eigenvalue weighted by Gasteiger charge is 2.51. The molecule has 0 aliphatic carbocycles. The van der Waals surface area contributed by atoms with Gasteiger partial charge in [-0.05, 0) is 48.9 Å². The van der Waals surface area contributed by atoms with Gasteiger partial charge in [0.2, 0.25) is 17.5 Å². The Morgan fingerprint density at radius 3 is 2.19 bits per heavy atom. The van der Waals surface area contributed by atoms with Crippen LogP contribution < -0.4 is 10.2 Å². The van der Waals surface area contributed by atoms with Crippen LogP contribution in [0.15, 0.2) is 69.9 Å². The molecule has 0 radical (unpaired) electrons. The van der Waals surface area contributed by atoms with Crippen LogP contribution in [-0.2, 0) is 23.7 Å². The maximum atomic E-state index is 13.9. The van der Waals surface area contributed by atoms with Crippen LogP contribution in [0.2, 0.25) is 0 Å². The van der Waals surface area contributed by atoms with Crippen LogP contribution in [0.25, 0.3) is 28.4 Å². The molecule has 0 unspecified atom stereocenters. The van der Waals surface area contributed by atoms with Crippen LogP contribution in [0.3, 0.4) is 0 Å². The molecule has 18 heteroatoms. The molecule has 18 nitrogen and oxygen atoms in total. The van der Waals surface area contributed by atoms with Crippen LogP contribution in [-0.4, -0.2) is 125 Å². The lowest BCUT2D eigenvalue weighted by atomic mass is 9.97. The monoisotopic (exact) mass is 756 g/mol. The van der Waals surface area contributed by atoms with E-state index in [0.717, 1.165) is 30.3 Å². The lowest BCUT2D eigenvalue weighted by Gasteiger charge is -2.45. The first kappa shape index (κ1) is 38.3. The number of hydrogen-bond acceptors (Lipinski definition) is 18. The normalized spacial score (nSPS) is 28.6. The minimum Gasteiger partial charge on any atom is -0.508 e. The van der Waals surface area contributed by atoms with Crippen molar-refractivity contribution in [3.63, 3.8) is 0 Å². The van der Waals surface area contributed by atoms with E-state index >= 15 is 0 Å². The number of rotatable bonds is 9. The number of benzene rings is 3. The number of ether oxygens (including phenoxy) is 5. The van der Waals surface area contributed by atoms with E-state index in [4.69, 9.17) is 28.1 Å². The molecule has 0 bridgehead atoms. The second-order valence-electron chi connectivity index (χ2n) is 12.6. The highest BCUT2D eigenvalue weighted by atomic mass is 16.8. The molecule has 3 heterocycles.